The third-order valence-electron chi connectivity index (χ3n) is 1.13. The second-order valence-corrected chi connectivity index (χ2v) is 1.91. The molecular formula is C6H6N2O2. The van der Waals surface area contributed by atoms with Crippen LogP contribution < -0.4 is 5.73 Å². The number of rotatable bonds is 0. The van der Waals surface area contributed by atoms with Crippen LogP contribution in [0.1, 0.15) is 0 Å². The number of aliphatic hydroxyl groups excluding tert-OH is 1. The molecule has 10 heavy (non-hydrogen) atoms. The van der Waals surface area contributed by atoms with Gasteiger partial charge in [0.05, 0.1) is 5.70 Å². The lowest BCUT2D eigenvalue weighted by atomic mass is 10.1. The minimum atomic E-state index is -0.522. The Bertz CT molecular complexity index is 235. The maximum absolute atomic E-state index is 10.6. The molecule has 0 radical (unpaired) electrons. The van der Waals surface area contributed by atoms with Gasteiger partial charge in [-0.25, -0.2) is 0 Å². The Kier molecular flexibility index (Phi) is 1.30. The Balaban J connectivity index is 3.06. The highest BCUT2D eigenvalue weighted by Crippen LogP contribution is 2.05. The smallest absolute Gasteiger partial charge is 0.207 e. The van der Waals surface area contributed by atoms with E-state index >= 15 is 0 Å². The summed E-state index contributed by atoms with van der Waals surface area (Å²) in [4.78, 5) is 10.6. The molecule has 4 nitrogen and oxygen atoms in total. The van der Waals surface area contributed by atoms with Gasteiger partial charge in [0, 0.05) is 6.08 Å². The molecule has 0 aromatic rings. The van der Waals surface area contributed by atoms with Crippen LogP contribution in [0.2, 0.25) is 0 Å². The van der Waals surface area contributed by atoms with E-state index < -0.39 is 5.78 Å². The van der Waals surface area contributed by atoms with E-state index in [2.05, 4.69) is 0 Å². The van der Waals surface area contributed by atoms with Crippen LogP contribution in [0, 0.1) is 5.41 Å². The maximum atomic E-state index is 10.6. The Morgan fingerprint density at radius 2 is 2.10 bits per heavy atom. The molecule has 1 aliphatic carbocycles. The molecule has 52 valence electrons. The van der Waals surface area contributed by atoms with Crippen molar-refractivity contribution in [3.63, 3.8) is 0 Å². The van der Waals surface area contributed by atoms with Gasteiger partial charge >= 0.3 is 0 Å². The molecule has 0 atom stereocenters. The lowest BCUT2D eigenvalue weighted by molar-refractivity contribution is -0.109. The molecule has 0 saturated heterocycles. The number of allylic oxidation sites excluding steroid dienone is 2. The number of aliphatic hydroxyl groups is 1. The van der Waals surface area contributed by atoms with Crippen LogP contribution in [-0.2, 0) is 4.79 Å². The second-order valence-electron chi connectivity index (χ2n) is 1.91. The lowest BCUT2D eigenvalue weighted by Gasteiger charge is -2.04. The summed E-state index contributed by atoms with van der Waals surface area (Å²) in [6, 6.07) is 0. The normalized spacial score (nSPS) is 18.4. The summed E-state index contributed by atoms with van der Waals surface area (Å²) in [7, 11) is 0. The van der Waals surface area contributed by atoms with Crippen LogP contribution >= 0.6 is 0 Å². The topological polar surface area (TPSA) is 87.2 Å². The number of nitrogens with two attached hydrogens (primary N) is 1. The Labute approximate surface area is 57.2 Å². The third kappa shape index (κ3) is 0.907. The molecule has 0 amide bonds. The van der Waals surface area contributed by atoms with Crippen molar-refractivity contribution in [2.24, 2.45) is 5.73 Å². The van der Waals surface area contributed by atoms with Crippen LogP contribution in [0.5, 0.6) is 0 Å². The standard InChI is InChI=1S/C6H6N2O2/c7-3-1-4(8)6(10)2-5(3)9/h1-2,7,10H,8H2. The number of carbonyl (C=O) groups is 1. The zero-order chi connectivity index (χ0) is 7.72. The van der Waals surface area contributed by atoms with Crippen LogP contribution in [-0.4, -0.2) is 16.6 Å². The highest BCUT2D eigenvalue weighted by molar-refractivity contribution is 6.47. The van der Waals surface area contributed by atoms with E-state index in [-0.39, 0.29) is 17.2 Å². The van der Waals surface area contributed by atoms with Crippen LogP contribution in [0.4, 0.5) is 0 Å². The van der Waals surface area contributed by atoms with Gasteiger partial charge in [0.1, 0.15) is 11.5 Å². The molecule has 0 unspecified atom stereocenters. The van der Waals surface area contributed by atoms with Gasteiger partial charge in [0.2, 0.25) is 5.78 Å². The SMILES string of the molecule is N=C1C=C(N)C(O)=CC1=O. The fraction of sp³-hybridized carbons (Fsp3) is 0. The van der Waals surface area contributed by atoms with Gasteiger partial charge in [-0.1, -0.05) is 0 Å². The van der Waals surface area contributed by atoms with E-state index in [9.17, 15) is 4.79 Å². The van der Waals surface area contributed by atoms with Gasteiger partial charge in [-0.2, -0.15) is 0 Å². The highest BCUT2D eigenvalue weighted by Gasteiger charge is 2.13. The zero-order valence-electron chi connectivity index (χ0n) is 5.09. The van der Waals surface area contributed by atoms with Crippen molar-refractivity contribution in [3.05, 3.63) is 23.6 Å². The van der Waals surface area contributed by atoms with Crippen LogP contribution in [0.3, 0.4) is 0 Å². The van der Waals surface area contributed by atoms with Gasteiger partial charge in [-0.15, -0.1) is 0 Å². The maximum Gasteiger partial charge on any atom is 0.207 e. The van der Waals surface area contributed by atoms with Crippen molar-refractivity contribution in [2.75, 3.05) is 0 Å². The number of hydrogen-bond acceptors (Lipinski definition) is 4. The first-order chi connectivity index (χ1) is 4.61. The minimum absolute atomic E-state index is 0.0598. The molecule has 0 aromatic carbocycles. The van der Waals surface area contributed by atoms with E-state index in [1.165, 1.54) is 0 Å². The van der Waals surface area contributed by atoms with E-state index in [0.717, 1.165) is 12.2 Å². The van der Waals surface area contributed by atoms with Crippen molar-refractivity contribution in [2.45, 2.75) is 0 Å². The molecule has 0 saturated carbocycles. The van der Waals surface area contributed by atoms with Gasteiger partial charge in [0.15, 0.2) is 0 Å². The van der Waals surface area contributed by atoms with Crippen molar-refractivity contribution >= 4 is 11.5 Å². The summed E-state index contributed by atoms with van der Waals surface area (Å²) in [5, 5.41) is 15.8. The number of ketones is 1. The molecule has 0 aromatic heterocycles. The molecule has 1 rings (SSSR count). The number of hydrogen-bond donors (Lipinski definition) is 3. The largest absolute Gasteiger partial charge is 0.506 e. The highest BCUT2D eigenvalue weighted by atomic mass is 16.3. The second kappa shape index (κ2) is 1.98. The Hall–Kier alpha value is -1.58. The van der Waals surface area contributed by atoms with Gasteiger partial charge in [-0.05, 0) is 6.08 Å². The quantitative estimate of drug-likeness (QED) is 0.407. The summed E-state index contributed by atoms with van der Waals surface area (Å²) >= 11 is 0. The molecule has 0 bridgehead atoms. The number of nitrogens with one attached hydrogen (secondary N) is 1. The first-order valence-electron chi connectivity index (χ1n) is 2.62. The van der Waals surface area contributed by atoms with Crippen LogP contribution in [0.25, 0.3) is 0 Å². The van der Waals surface area contributed by atoms with Gasteiger partial charge in [-0.3, -0.25) is 10.2 Å². The minimum Gasteiger partial charge on any atom is -0.506 e. The molecular weight excluding hydrogens is 132 g/mol. The van der Waals surface area contributed by atoms with Crippen molar-refractivity contribution in [1.29, 1.82) is 5.41 Å². The lowest BCUT2D eigenvalue weighted by Crippen LogP contribution is -2.17. The van der Waals surface area contributed by atoms with Crippen molar-refractivity contribution in [1.82, 2.24) is 0 Å². The Morgan fingerprint density at radius 3 is 2.60 bits per heavy atom. The molecule has 4 heteroatoms. The van der Waals surface area contributed by atoms with Gasteiger partial charge < -0.3 is 10.8 Å². The third-order valence-corrected chi connectivity index (χ3v) is 1.13. The van der Waals surface area contributed by atoms with Crippen LogP contribution in [0.15, 0.2) is 23.6 Å². The predicted octanol–water partition coefficient (Wildman–Crippen LogP) is -0.127. The monoisotopic (exact) mass is 138 g/mol. The zero-order valence-corrected chi connectivity index (χ0v) is 5.09. The molecule has 4 N–H and O–H groups in total. The summed E-state index contributed by atoms with van der Waals surface area (Å²) in [6.45, 7) is 0. The van der Waals surface area contributed by atoms with Crippen molar-refractivity contribution in [3.8, 4) is 0 Å². The summed E-state index contributed by atoms with van der Waals surface area (Å²) in [6.07, 6.45) is 2.05. The fourth-order valence-corrected chi connectivity index (χ4v) is 0.586. The molecule has 0 heterocycles. The van der Waals surface area contributed by atoms with E-state index in [1.54, 1.807) is 0 Å². The Morgan fingerprint density at radius 1 is 1.50 bits per heavy atom. The molecule has 0 aliphatic heterocycles. The predicted molar refractivity (Wildman–Crippen MR) is 35.7 cm³/mol. The first-order valence-corrected chi connectivity index (χ1v) is 2.62. The van der Waals surface area contributed by atoms with Crippen molar-refractivity contribution < 1.29 is 9.90 Å². The summed E-state index contributed by atoms with van der Waals surface area (Å²) < 4.78 is 0. The number of carbonyl (C=O) groups excluding carboxylic acids is 1. The fourth-order valence-electron chi connectivity index (χ4n) is 0.586. The average molecular weight is 138 g/mol. The summed E-state index contributed by atoms with van der Waals surface area (Å²) in [5.41, 5.74) is 5.04. The molecule has 0 fully saturated rings. The van der Waals surface area contributed by atoms with E-state index in [1.807, 2.05) is 0 Å². The first kappa shape index (κ1) is 6.54. The van der Waals surface area contributed by atoms with Gasteiger partial charge in [0.25, 0.3) is 0 Å². The molecule has 0 spiro atoms. The average Bonchev–Trinajstić information content (AvgIpc) is 1.84. The molecule has 1 aliphatic rings. The van der Waals surface area contributed by atoms with E-state index in [4.69, 9.17) is 16.2 Å². The van der Waals surface area contributed by atoms with E-state index in [0.29, 0.717) is 0 Å². The summed E-state index contributed by atoms with van der Waals surface area (Å²) in [5.74, 6) is -0.785.